The maximum atomic E-state index is 13.2. The topological polar surface area (TPSA) is 20.2 Å². The van der Waals surface area contributed by atoms with Gasteiger partial charge in [0.1, 0.15) is 6.10 Å². The monoisotopic (exact) mass is 294 g/mol. The fourth-order valence-electron chi connectivity index (χ4n) is 2.17. The Kier molecular flexibility index (Phi) is 5.02. The van der Waals surface area contributed by atoms with Crippen molar-refractivity contribution in [2.75, 3.05) is 0 Å². The molecule has 0 bridgehead atoms. The highest BCUT2D eigenvalue weighted by molar-refractivity contribution is 5.32. The molecule has 2 rings (SSSR count). The van der Waals surface area contributed by atoms with E-state index in [1.165, 1.54) is 0 Å². The van der Waals surface area contributed by atoms with E-state index in [0.29, 0.717) is 5.56 Å². The van der Waals surface area contributed by atoms with Crippen LogP contribution >= 0.6 is 0 Å². The van der Waals surface area contributed by atoms with Gasteiger partial charge >= 0.3 is 0 Å². The molecule has 112 valence electrons. The molecule has 2 aromatic rings. The summed E-state index contributed by atoms with van der Waals surface area (Å²) in [6.07, 6.45) is 1.94. The highest BCUT2D eigenvalue weighted by Crippen LogP contribution is 2.25. The van der Waals surface area contributed by atoms with Gasteiger partial charge in [-0.1, -0.05) is 37.6 Å². The normalized spacial score (nSPS) is 12.4. The van der Waals surface area contributed by atoms with Gasteiger partial charge in [0.2, 0.25) is 0 Å². The molecule has 0 spiro atoms. The van der Waals surface area contributed by atoms with Crippen molar-refractivity contribution in [1.82, 2.24) is 0 Å². The Balaban J connectivity index is 2.21. The molecule has 0 radical (unpaired) electrons. The summed E-state index contributed by atoms with van der Waals surface area (Å²) in [6.45, 7) is 2.11. The predicted octanol–water partition coefficient (Wildman–Crippen LogP) is 4.53. The third kappa shape index (κ3) is 3.64. The highest BCUT2D eigenvalue weighted by atomic mass is 19.2. The zero-order chi connectivity index (χ0) is 15.4. The van der Waals surface area contributed by atoms with Gasteiger partial charge in [-0.05, 0) is 41.7 Å². The van der Waals surface area contributed by atoms with Crippen LogP contribution in [-0.2, 0) is 6.42 Å². The summed E-state index contributed by atoms with van der Waals surface area (Å²) < 4.78 is 39.3. The van der Waals surface area contributed by atoms with Gasteiger partial charge in [-0.2, -0.15) is 0 Å². The third-order valence-electron chi connectivity index (χ3n) is 3.44. The first-order valence-corrected chi connectivity index (χ1v) is 6.94. The third-order valence-corrected chi connectivity index (χ3v) is 3.44. The maximum Gasteiger partial charge on any atom is 0.194 e. The summed E-state index contributed by atoms with van der Waals surface area (Å²) in [5.41, 5.74) is 1.65. The number of unbranched alkanes of at least 4 members (excludes halogenated alkanes) is 1. The number of aryl methyl sites for hydroxylation is 1. The maximum absolute atomic E-state index is 13.2. The van der Waals surface area contributed by atoms with Gasteiger partial charge in [0.25, 0.3) is 0 Å². The Morgan fingerprint density at radius 3 is 2.05 bits per heavy atom. The van der Waals surface area contributed by atoms with Crippen LogP contribution in [0.2, 0.25) is 0 Å². The minimum atomic E-state index is -1.53. The second-order valence-corrected chi connectivity index (χ2v) is 5.05. The summed E-state index contributed by atoms with van der Waals surface area (Å²) in [6, 6.07) is 8.82. The van der Waals surface area contributed by atoms with E-state index >= 15 is 0 Å². The van der Waals surface area contributed by atoms with Crippen molar-refractivity contribution in [3.05, 3.63) is 70.5 Å². The fraction of sp³-hybridized carbons (Fsp3) is 0.294. The summed E-state index contributed by atoms with van der Waals surface area (Å²) in [4.78, 5) is 0. The van der Waals surface area contributed by atoms with Gasteiger partial charge in [0.15, 0.2) is 17.5 Å². The Labute approximate surface area is 122 Å². The summed E-state index contributed by atoms with van der Waals surface area (Å²) in [7, 11) is 0. The molecule has 1 nitrogen and oxygen atoms in total. The molecule has 0 aliphatic rings. The van der Waals surface area contributed by atoms with Gasteiger partial charge in [-0.3, -0.25) is 0 Å². The van der Waals surface area contributed by atoms with Gasteiger partial charge in [0, 0.05) is 0 Å². The van der Waals surface area contributed by atoms with Crippen LogP contribution in [0.1, 0.15) is 42.6 Å². The van der Waals surface area contributed by atoms with Crippen molar-refractivity contribution >= 4 is 0 Å². The molecule has 1 atom stereocenters. The summed E-state index contributed by atoms with van der Waals surface area (Å²) in [5, 5.41) is 10.1. The standard InChI is InChI=1S/C17H17F3O/c1-2-3-4-11-5-7-12(8-6-11)17(21)13-9-14(18)16(20)15(19)10-13/h5-10,17,21H,2-4H2,1H3. The summed E-state index contributed by atoms with van der Waals surface area (Å²) >= 11 is 0. The van der Waals surface area contributed by atoms with Crippen molar-refractivity contribution in [1.29, 1.82) is 0 Å². The van der Waals surface area contributed by atoms with E-state index in [4.69, 9.17) is 0 Å². The van der Waals surface area contributed by atoms with Crippen molar-refractivity contribution in [2.24, 2.45) is 0 Å². The molecule has 0 amide bonds. The zero-order valence-corrected chi connectivity index (χ0v) is 11.7. The molecule has 0 fully saturated rings. The SMILES string of the molecule is CCCCc1ccc(C(O)c2cc(F)c(F)c(F)c2)cc1. The Morgan fingerprint density at radius 1 is 0.952 bits per heavy atom. The molecule has 1 N–H and O–H groups in total. The van der Waals surface area contributed by atoms with E-state index in [-0.39, 0.29) is 5.56 Å². The lowest BCUT2D eigenvalue weighted by Crippen LogP contribution is -2.03. The number of hydrogen-bond acceptors (Lipinski definition) is 1. The number of benzene rings is 2. The van der Waals surface area contributed by atoms with Crippen molar-refractivity contribution in [3.8, 4) is 0 Å². The summed E-state index contributed by atoms with van der Waals surface area (Å²) in [5.74, 6) is -4.13. The van der Waals surface area contributed by atoms with Crippen LogP contribution in [0.3, 0.4) is 0 Å². The van der Waals surface area contributed by atoms with Crippen molar-refractivity contribution < 1.29 is 18.3 Å². The van der Waals surface area contributed by atoms with E-state index in [9.17, 15) is 18.3 Å². The van der Waals surface area contributed by atoms with E-state index in [2.05, 4.69) is 6.92 Å². The van der Waals surface area contributed by atoms with Gasteiger partial charge in [0.05, 0.1) is 0 Å². The average Bonchev–Trinajstić information content (AvgIpc) is 2.50. The molecule has 0 saturated carbocycles. The minimum Gasteiger partial charge on any atom is -0.384 e. The molecule has 21 heavy (non-hydrogen) atoms. The second kappa shape index (κ2) is 6.76. The van der Waals surface area contributed by atoms with E-state index in [0.717, 1.165) is 37.0 Å². The largest absolute Gasteiger partial charge is 0.384 e. The lowest BCUT2D eigenvalue weighted by atomic mass is 9.99. The van der Waals surface area contributed by atoms with Crippen LogP contribution in [0.4, 0.5) is 13.2 Å². The Morgan fingerprint density at radius 2 is 1.52 bits per heavy atom. The quantitative estimate of drug-likeness (QED) is 0.803. The number of rotatable bonds is 5. The zero-order valence-electron chi connectivity index (χ0n) is 11.7. The van der Waals surface area contributed by atoms with Crippen molar-refractivity contribution in [2.45, 2.75) is 32.3 Å². The van der Waals surface area contributed by atoms with Crippen LogP contribution < -0.4 is 0 Å². The highest BCUT2D eigenvalue weighted by Gasteiger charge is 2.16. The van der Waals surface area contributed by atoms with Crippen LogP contribution in [0.15, 0.2) is 36.4 Å². The lowest BCUT2D eigenvalue weighted by Gasteiger charge is -2.13. The second-order valence-electron chi connectivity index (χ2n) is 5.05. The van der Waals surface area contributed by atoms with E-state index < -0.39 is 23.6 Å². The van der Waals surface area contributed by atoms with Crippen LogP contribution in [0, 0.1) is 17.5 Å². The van der Waals surface area contributed by atoms with Gasteiger partial charge < -0.3 is 5.11 Å². The predicted molar refractivity (Wildman–Crippen MR) is 75.4 cm³/mol. The molecule has 2 aromatic carbocycles. The minimum absolute atomic E-state index is 0.00675. The molecular formula is C17H17F3O. The first-order chi connectivity index (χ1) is 10.0. The number of hydrogen-bond donors (Lipinski definition) is 1. The first-order valence-electron chi connectivity index (χ1n) is 6.94. The molecule has 1 unspecified atom stereocenters. The number of aliphatic hydroxyl groups excluding tert-OH is 1. The molecule has 0 aromatic heterocycles. The number of halogens is 3. The molecule has 0 heterocycles. The van der Waals surface area contributed by atoms with Crippen LogP contribution in [0.25, 0.3) is 0 Å². The molecule has 0 aliphatic carbocycles. The Bertz CT molecular complexity index is 585. The Hall–Kier alpha value is -1.81. The van der Waals surface area contributed by atoms with Gasteiger partial charge in [-0.15, -0.1) is 0 Å². The van der Waals surface area contributed by atoms with Crippen molar-refractivity contribution in [3.63, 3.8) is 0 Å². The van der Waals surface area contributed by atoms with Crippen LogP contribution in [0.5, 0.6) is 0 Å². The number of aliphatic hydroxyl groups is 1. The smallest absolute Gasteiger partial charge is 0.194 e. The van der Waals surface area contributed by atoms with E-state index in [1.54, 1.807) is 12.1 Å². The molecular weight excluding hydrogens is 277 g/mol. The fourth-order valence-corrected chi connectivity index (χ4v) is 2.17. The first kappa shape index (κ1) is 15.6. The van der Waals surface area contributed by atoms with Gasteiger partial charge in [-0.25, -0.2) is 13.2 Å². The molecule has 4 heteroatoms. The molecule has 0 aliphatic heterocycles. The average molecular weight is 294 g/mol. The van der Waals surface area contributed by atoms with Crippen LogP contribution in [-0.4, -0.2) is 5.11 Å². The van der Waals surface area contributed by atoms with E-state index in [1.807, 2.05) is 12.1 Å². The molecule has 0 saturated heterocycles. The lowest BCUT2D eigenvalue weighted by molar-refractivity contribution is 0.218.